The first-order chi connectivity index (χ1) is 5.61. The summed E-state index contributed by atoms with van der Waals surface area (Å²) in [4.78, 5) is 25.1. The number of carbonyl (C=O) groups is 2. The first-order valence-electron chi connectivity index (χ1n) is 3.00. The van der Waals surface area contributed by atoms with Crippen LogP contribution in [0.2, 0.25) is 0 Å². The maximum Gasteiger partial charge on any atom is 0.358 e. The molecule has 3 N–H and O–H groups in total. The lowest BCUT2D eigenvalue weighted by Gasteiger charge is -1.96. The van der Waals surface area contributed by atoms with E-state index in [0.29, 0.717) is 0 Å². The molecule has 0 radical (unpaired) electrons. The molecule has 0 unspecified atom stereocenters. The third-order valence-electron chi connectivity index (χ3n) is 0.860. The second-order valence-electron chi connectivity index (χ2n) is 1.67. The van der Waals surface area contributed by atoms with Crippen LogP contribution < -0.4 is 11.1 Å². The average Bonchev–Trinajstić information content (AvgIpc) is 2.11. The van der Waals surface area contributed by atoms with Crippen molar-refractivity contribution in [1.29, 1.82) is 0 Å². The minimum Gasteiger partial charge on any atom is -0.376 e. The van der Waals surface area contributed by atoms with Gasteiger partial charge in [0.1, 0.15) is 0 Å². The summed E-state index contributed by atoms with van der Waals surface area (Å²) < 4.78 is 0. The van der Waals surface area contributed by atoms with E-state index in [1.54, 1.807) is 0 Å². The first kappa shape index (κ1) is 10.2. The SMILES string of the molecule is C=CC(=O)O/N=C(\N)C(=O)NC. The molecule has 0 aliphatic heterocycles. The fourth-order valence-corrected chi connectivity index (χ4v) is 0.301. The number of oxime groups is 1. The minimum atomic E-state index is -0.776. The molecule has 12 heavy (non-hydrogen) atoms. The van der Waals surface area contributed by atoms with E-state index in [-0.39, 0.29) is 0 Å². The van der Waals surface area contributed by atoms with Crippen molar-refractivity contribution in [2.45, 2.75) is 0 Å². The molecular formula is C6H9N3O3. The van der Waals surface area contributed by atoms with Crippen LogP contribution in [0.3, 0.4) is 0 Å². The van der Waals surface area contributed by atoms with E-state index in [0.717, 1.165) is 6.08 Å². The Bertz CT molecular complexity index is 234. The molecule has 0 aromatic heterocycles. The predicted octanol–water partition coefficient (Wildman–Crippen LogP) is -1.27. The van der Waals surface area contributed by atoms with Gasteiger partial charge in [-0.2, -0.15) is 0 Å². The highest BCUT2D eigenvalue weighted by atomic mass is 16.7. The summed E-state index contributed by atoms with van der Waals surface area (Å²) >= 11 is 0. The molecule has 1 amide bonds. The molecule has 0 aliphatic rings. The van der Waals surface area contributed by atoms with Crippen LogP contribution in [0.25, 0.3) is 0 Å². The highest BCUT2D eigenvalue weighted by Gasteiger charge is 2.04. The Hall–Kier alpha value is -1.85. The molecule has 0 aliphatic carbocycles. The Kier molecular flexibility index (Phi) is 4.13. The zero-order valence-electron chi connectivity index (χ0n) is 6.53. The molecule has 0 aromatic carbocycles. The third kappa shape index (κ3) is 3.35. The molecule has 0 rings (SSSR count). The maximum absolute atomic E-state index is 10.6. The Morgan fingerprint density at radius 3 is 2.67 bits per heavy atom. The predicted molar refractivity (Wildman–Crippen MR) is 42.0 cm³/mol. The second kappa shape index (κ2) is 4.89. The molecule has 6 nitrogen and oxygen atoms in total. The molecule has 0 atom stereocenters. The van der Waals surface area contributed by atoms with Crippen molar-refractivity contribution in [3.63, 3.8) is 0 Å². The number of carbonyl (C=O) groups excluding carboxylic acids is 2. The van der Waals surface area contributed by atoms with Gasteiger partial charge in [-0.25, -0.2) is 4.79 Å². The fourth-order valence-electron chi connectivity index (χ4n) is 0.301. The first-order valence-corrected chi connectivity index (χ1v) is 3.00. The molecule has 66 valence electrons. The zero-order valence-corrected chi connectivity index (χ0v) is 6.53. The van der Waals surface area contributed by atoms with Gasteiger partial charge in [0.05, 0.1) is 0 Å². The molecule has 0 fully saturated rings. The lowest BCUT2D eigenvalue weighted by atomic mass is 10.6. The number of hydrogen-bond donors (Lipinski definition) is 2. The van der Waals surface area contributed by atoms with Crippen molar-refractivity contribution in [3.8, 4) is 0 Å². The highest BCUT2D eigenvalue weighted by molar-refractivity contribution is 6.37. The molecule has 0 spiro atoms. The number of rotatable bonds is 2. The number of hydrogen-bond acceptors (Lipinski definition) is 4. The summed E-state index contributed by atoms with van der Waals surface area (Å²) in [5.74, 6) is -1.82. The van der Waals surface area contributed by atoms with Crippen molar-refractivity contribution in [2.24, 2.45) is 10.9 Å². The maximum atomic E-state index is 10.6. The Labute approximate surface area is 69.1 Å². The summed E-state index contributed by atoms with van der Waals surface area (Å²) in [6, 6.07) is 0. The van der Waals surface area contributed by atoms with Crippen LogP contribution in [-0.4, -0.2) is 24.8 Å². The van der Waals surface area contributed by atoms with Crippen LogP contribution in [0.4, 0.5) is 0 Å². The van der Waals surface area contributed by atoms with Crippen molar-refractivity contribution in [3.05, 3.63) is 12.7 Å². The van der Waals surface area contributed by atoms with E-state index < -0.39 is 17.7 Å². The number of nitrogens with one attached hydrogen (secondary N) is 1. The van der Waals surface area contributed by atoms with Crippen LogP contribution in [0.1, 0.15) is 0 Å². The molecule has 0 saturated carbocycles. The van der Waals surface area contributed by atoms with E-state index in [4.69, 9.17) is 5.73 Å². The van der Waals surface area contributed by atoms with Crippen LogP contribution in [-0.2, 0) is 14.4 Å². The summed E-state index contributed by atoms with van der Waals surface area (Å²) in [7, 11) is 1.38. The van der Waals surface area contributed by atoms with Crippen LogP contribution in [0.15, 0.2) is 17.8 Å². The Morgan fingerprint density at radius 2 is 2.25 bits per heavy atom. The number of likely N-dealkylation sites (N-methyl/N-ethyl adjacent to an activating group) is 1. The normalized spacial score (nSPS) is 10.2. The molecule has 6 heteroatoms. The number of nitrogens with zero attached hydrogens (tertiary/aromatic N) is 1. The topological polar surface area (TPSA) is 93.8 Å². The van der Waals surface area contributed by atoms with E-state index in [9.17, 15) is 9.59 Å². The summed E-state index contributed by atoms with van der Waals surface area (Å²) in [6.07, 6.45) is 0.903. The summed E-state index contributed by atoms with van der Waals surface area (Å²) in [5, 5.41) is 5.22. The van der Waals surface area contributed by atoms with Gasteiger partial charge < -0.3 is 15.9 Å². The second-order valence-corrected chi connectivity index (χ2v) is 1.67. The van der Waals surface area contributed by atoms with Crippen molar-refractivity contribution in [1.82, 2.24) is 5.32 Å². The quantitative estimate of drug-likeness (QED) is 0.178. The largest absolute Gasteiger partial charge is 0.376 e. The van der Waals surface area contributed by atoms with Crippen molar-refractivity contribution < 1.29 is 14.4 Å². The molecule has 0 aromatic rings. The number of nitrogens with two attached hydrogens (primary N) is 1. The van der Waals surface area contributed by atoms with Crippen LogP contribution in [0.5, 0.6) is 0 Å². The van der Waals surface area contributed by atoms with Gasteiger partial charge in [0.15, 0.2) is 0 Å². The van der Waals surface area contributed by atoms with E-state index in [1.807, 2.05) is 0 Å². The van der Waals surface area contributed by atoms with Crippen LogP contribution in [0, 0.1) is 0 Å². The van der Waals surface area contributed by atoms with Gasteiger partial charge in [-0.3, -0.25) is 4.79 Å². The Morgan fingerprint density at radius 1 is 1.67 bits per heavy atom. The van der Waals surface area contributed by atoms with Gasteiger partial charge in [0, 0.05) is 13.1 Å². The summed E-state index contributed by atoms with van der Waals surface area (Å²) in [5.41, 5.74) is 5.06. The third-order valence-corrected chi connectivity index (χ3v) is 0.860. The molecule has 0 heterocycles. The minimum absolute atomic E-state index is 0.423. The highest BCUT2D eigenvalue weighted by Crippen LogP contribution is 1.80. The van der Waals surface area contributed by atoms with Gasteiger partial charge in [0.25, 0.3) is 5.91 Å². The average molecular weight is 171 g/mol. The van der Waals surface area contributed by atoms with Crippen molar-refractivity contribution >= 4 is 17.7 Å². The van der Waals surface area contributed by atoms with E-state index in [2.05, 4.69) is 21.9 Å². The van der Waals surface area contributed by atoms with Gasteiger partial charge in [-0.15, -0.1) is 0 Å². The molecular weight excluding hydrogens is 162 g/mol. The summed E-state index contributed by atoms with van der Waals surface area (Å²) in [6.45, 7) is 3.12. The smallest absolute Gasteiger partial charge is 0.358 e. The molecule has 0 bridgehead atoms. The van der Waals surface area contributed by atoms with Crippen molar-refractivity contribution in [2.75, 3.05) is 7.05 Å². The Balaban J connectivity index is 4.09. The van der Waals surface area contributed by atoms with Gasteiger partial charge >= 0.3 is 5.97 Å². The standard InChI is InChI=1S/C6H9N3O3/c1-3-4(10)12-9-5(7)6(11)8-2/h3H,1H2,2H3,(H2,7,9)(H,8,11). The fraction of sp³-hybridized carbons (Fsp3) is 0.167. The number of amidine groups is 1. The van der Waals surface area contributed by atoms with E-state index in [1.165, 1.54) is 7.05 Å². The van der Waals surface area contributed by atoms with E-state index >= 15 is 0 Å². The van der Waals surface area contributed by atoms with Gasteiger partial charge in [-0.05, 0) is 0 Å². The van der Waals surface area contributed by atoms with Gasteiger partial charge in [0.2, 0.25) is 5.84 Å². The zero-order chi connectivity index (χ0) is 9.56. The molecule has 0 saturated heterocycles. The lowest BCUT2D eigenvalue weighted by molar-refractivity contribution is -0.137. The van der Waals surface area contributed by atoms with Gasteiger partial charge in [-0.1, -0.05) is 11.7 Å². The monoisotopic (exact) mass is 171 g/mol. The van der Waals surface area contributed by atoms with Crippen LogP contribution >= 0.6 is 0 Å². The number of amides is 1. The lowest BCUT2D eigenvalue weighted by Crippen LogP contribution is -2.34.